The number of nitrogens with one attached hydrogen (secondary N) is 2. The third kappa shape index (κ3) is 5.39. The Morgan fingerprint density at radius 3 is 2.70 bits per heavy atom. The summed E-state index contributed by atoms with van der Waals surface area (Å²) in [6, 6.07) is 6.88. The van der Waals surface area contributed by atoms with Crippen molar-refractivity contribution in [3.05, 3.63) is 52.3 Å². The van der Waals surface area contributed by atoms with Crippen molar-refractivity contribution in [1.29, 1.82) is 0 Å². The van der Waals surface area contributed by atoms with Crippen molar-refractivity contribution in [2.75, 3.05) is 32.5 Å². The zero-order chi connectivity index (χ0) is 16.8. The van der Waals surface area contributed by atoms with E-state index in [-0.39, 0.29) is 5.91 Å². The normalized spacial score (nSPS) is 10.7. The minimum absolute atomic E-state index is 0.162. The zero-order valence-electron chi connectivity index (χ0n) is 12.9. The minimum Gasteiger partial charge on any atom is -0.353 e. The van der Waals surface area contributed by atoms with Gasteiger partial charge >= 0.3 is 0 Å². The molecule has 0 atom stereocenters. The standard InChI is InChI=1S/C16H18Cl2N4O/c1-22(2)6-5-20-16(23)11-7-13(10-19-9-11)21-15-4-3-12(17)8-14(15)18/h3-4,7-10,21H,5-6H2,1-2H3,(H,20,23). The van der Waals surface area contributed by atoms with Crippen LogP contribution in [-0.4, -0.2) is 43.0 Å². The van der Waals surface area contributed by atoms with Crippen molar-refractivity contribution in [1.82, 2.24) is 15.2 Å². The van der Waals surface area contributed by atoms with Gasteiger partial charge in [0.05, 0.1) is 28.2 Å². The Morgan fingerprint density at radius 1 is 1.22 bits per heavy atom. The van der Waals surface area contributed by atoms with Crippen LogP contribution in [0.4, 0.5) is 11.4 Å². The highest BCUT2D eigenvalue weighted by molar-refractivity contribution is 6.36. The van der Waals surface area contributed by atoms with Crippen LogP contribution in [0.5, 0.6) is 0 Å². The smallest absolute Gasteiger partial charge is 0.252 e. The van der Waals surface area contributed by atoms with Gasteiger partial charge in [0.1, 0.15) is 0 Å². The summed E-state index contributed by atoms with van der Waals surface area (Å²) in [7, 11) is 3.90. The van der Waals surface area contributed by atoms with E-state index in [0.717, 1.165) is 6.54 Å². The highest BCUT2D eigenvalue weighted by atomic mass is 35.5. The molecule has 1 aromatic heterocycles. The summed E-state index contributed by atoms with van der Waals surface area (Å²) >= 11 is 12.0. The molecule has 0 bridgehead atoms. The summed E-state index contributed by atoms with van der Waals surface area (Å²) in [5.74, 6) is -0.162. The lowest BCUT2D eigenvalue weighted by Crippen LogP contribution is -2.31. The Bertz CT molecular complexity index is 692. The summed E-state index contributed by atoms with van der Waals surface area (Å²) in [4.78, 5) is 18.2. The number of aromatic nitrogens is 1. The second-order valence-electron chi connectivity index (χ2n) is 5.27. The van der Waals surface area contributed by atoms with Crippen LogP contribution in [0.2, 0.25) is 10.0 Å². The highest BCUT2D eigenvalue weighted by Crippen LogP contribution is 2.28. The predicted molar refractivity (Wildman–Crippen MR) is 94.9 cm³/mol. The lowest BCUT2D eigenvalue weighted by Gasteiger charge is -2.12. The van der Waals surface area contributed by atoms with Crippen LogP contribution in [0.1, 0.15) is 10.4 Å². The van der Waals surface area contributed by atoms with Crippen LogP contribution < -0.4 is 10.6 Å². The van der Waals surface area contributed by atoms with Crippen LogP contribution >= 0.6 is 23.2 Å². The first kappa shape index (κ1) is 17.5. The first-order chi connectivity index (χ1) is 11.0. The molecule has 7 heteroatoms. The van der Waals surface area contributed by atoms with Gasteiger partial charge in [-0.1, -0.05) is 23.2 Å². The molecule has 0 aliphatic heterocycles. The average Bonchev–Trinajstić information content (AvgIpc) is 2.50. The topological polar surface area (TPSA) is 57.3 Å². The molecule has 23 heavy (non-hydrogen) atoms. The van der Waals surface area contributed by atoms with Gasteiger partial charge in [-0.25, -0.2) is 0 Å². The number of anilines is 2. The van der Waals surface area contributed by atoms with Gasteiger partial charge in [0.15, 0.2) is 0 Å². The fraction of sp³-hybridized carbons (Fsp3) is 0.250. The Balaban J connectivity index is 2.06. The summed E-state index contributed by atoms with van der Waals surface area (Å²) in [6.45, 7) is 1.35. The molecule has 122 valence electrons. The van der Waals surface area contributed by atoms with Crippen molar-refractivity contribution in [2.45, 2.75) is 0 Å². The molecule has 0 saturated heterocycles. The Kier molecular flexibility index (Phi) is 6.21. The van der Waals surface area contributed by atoms with Gasteiger partial charge in [-0.2, -0.15) is 0 Å². The van der Waals surface area contributed by atoms with Crippen LogP contribution in [-0.2, 0) is 0 Å². The average molecular weight is 353 g/mol. The van der Waals surface area contributed by atoms with E-state index in [4.69, 9.17) is 23.2 Å². The number of benzene rings is 1. The van der Waals surface area contributed by atoms with E-state index in [2.05, 4.69) is 15.6 Å². The number of hydrogen-bond donors (Lipinski definition) is 2. The number of nitrogens with zero attached hydrogens (tertiary/aromatic N) is 2. The maximum atomic E-state index is 12.1. The van der Waals surface area contributed by atoms with E-state index in [1.165, 1.54) is 6.20 Å². The molecule has 5 nitrogen and oxygen atoms in total. The first-order valence-corrected chi connectivity index (χ1v) is 7.81. The number of amides is 1. The molecule has 0 spiro atoms. The number of carbonyl (C=O) groups is 1. The van der Waals surface area contributed by atoms with Crippen molar-refractivity contribution in [3.63, 3.8) is 0 Å². The molecule has 2 N–H and O–H groups in total. The zero-order valence-corrected chi connectivity index (χ0v) is 14.4. The number of rotatable bonds is 6. The van der Waals surface area contributed by atoms with Crippen LogP contribution in [0, 0.1) is 0 Å². The lowest BCUT2D eigenvalue weighted by molar-refractivity contribution is 0.0950. The van der Waals surface area contributed by atoms with E-state index in [1.54, 1.807) is 30.5 Å². The summed E-state index contributed by atoms with van der Waals surface area (Å²) in [5, 5.41) is 7.04. The highest BCUT2D eigenvalue weighted by Gasteiger charge is 2.08. The van der Waals surface area contributed by atoms with Gasteiger partial charge in [0.2, 0.25) is 0 Å². The molecule has 0 fully saturated rings. The van der Waals surface area contributed by atoms with Crippen LogP contribution in [0.3, 0.4) is 0 Å². The molecule has 0 radical (unpaired) electrons. The molecular formula is C16H18Cl2N4O. The summed E-state index contributed by atoms with van der Waals surface area (Å²) < 4.78 is 0. The monoisotopic (exact) mass is 352 g/mol. The van der Waals surface area contributed by atoms with Gasteiger partial charge in [-0.15, -0.1) is 0 Å². The summed E-state index contributed by atoms with van der Waals surface area (Å²) in [5.41, 5.74) is 1.86. The molecule has 1 amide bonds. The van der Waals surface area contributed by atoms with Crippen molar-refractivity contribution in [3.8, 4) is 0 Å². The molecule has 0 aliphatic carbocycles. The second kappa shape index (κ2) is 8.15. The minimum atomic E-state index is -0.162. The van der Waals surface area contributed by atoms with Crippen molar-refractivity contribution >= 4 is 40.5 Å². The van der Waals surface area contributed by atoms with Gasteiger partial charge in [0.25, 0.3) is 5.91 Å². The molecular weight excluding hydrogens is 335 g/mol. The number of carbonyl (C=O) groups excluding carboxylic acids is 1. The van der Waals surface area contributed by atoms with E-state index in [9.17, 15) is 4.79 Å². The molecule has 0 aliphatic rings. The maximum Gasteiger partial charge on any atom is 0.252 e. The quantitative estimate of drug-likeness (QED) is 0.836. The number of halogens is 2. The van der Waals surface area contributed by atoms with Gasteiger partial charge < -0.3 is 15.5 Å². The Labute approximate surface area is 145 Å². The third-order valence-electron chi connectivity index (χ3n) is 3.06. The SMILES string of the molecule is CN(C)CCNC(=O)c1cncc(Nc2ccc(Cl)cc2Cl)c1. The molecule has 2 aromatic rings. The lowest BCUT2D eigenvalue weighted by atomic mass is 10.2. The number of likely N-dealkylation sites (N-methyl/N-ethyl adjacent to an activating group) is 1. The molecule has 0 unspecified atom stereocenters. The van der Waals surface area contributed by atoms with Crippen LogP contribution in [0.15, 0.2) is 36.7 Å². The molecule has 1 aromatic carbocycles. The van der Waals surface area contributed by atoms with Gasteiger partial charge in [-0.05, 0) is 38.4 Å². The van der Waals surface area contributed by atoms with E-state index in [0.29, 0.717) is 33.5 Å². The Hall–Kier alpha value is -1.82. The van der Waals surface area contributed by atoms with E-state index in [1.807, 2.05) is 19.0 Å². The fourth-order valence-corrected chi connectivity index (χ4v) is 2.33. The third-order valence-corrected chi connectivity index (χ3v) is 3.60. The van der Waals surface area contributed by atoms with Crippen molar-refractivity contribution < 1.29 is 4.79 Å². The number of hydrogen-bond acceptors (Lipinski definition) is 4. The second-order valence-corrected chi connectivity index (χ2v) is 6.11. The number of pyridine rings is 1. The largest absolute Gasteiger partial charge is 0.353 e. The molecule has 1 heterocycles. The van der Waals surface area contributed by atoms with E-state index >= 15 is 0 Å². The van der Waals surface area contributed by atoms with Crippen LogP contribution in [0.25, 0.3) is 0 Å². The molecule has 0 saturated carbocycles. The van der Waals surface area contributed by atoms with E-state index < -0.39 is 0 Å². The van der Waals surface area contributed by atoms with Crippen molar-refractivity contribution in [2.24, 2.45) is 0 Å². The predicted octanol–water partition coefficient (Wildman–Crippen LogP) is 3.42. The summed E-state index contributed by atoms with van der Waals surface area (Å²) in [6.07, 6.45) is 3.15. The maximum absolute atomic E-state index is 12.1. The fourth-order valence-electron chi connectivity index (χ4n) is 1.87. The van der Waals surface area contributed by atoms with Gasteiger partial charge in [-0.3, -0.25) is 9.78 Å². The molecule has 2 rings (SSSR count). The first-order valence-electron chi connectivity index (χ1n) is 7.06. The Morgan fingerprint density at radius 2 is 2.00 bits per heavy atom. The van der Waals surface area contributed by atoms with Gasteiger partial charge in [0, 0.05) is 24.3 Å².